The molecule has 8 heteroatoms. The molecule has 0 bridgehead atoms. The molecule has 2 aliphatic rings. The number of ether oxygens (including phenoxy) is 1. The Kier molecular flexibility index (Phi) is 3.39. The summed E-state index contributed by atoms with van der Waals surface area (Å²) in [5.74, 6) is -0.782. The van der Waals surface area contributed by atoms with E-state index in [2.05, 4.69) is 15.6 Å². The molecular formula is C12H16N4O4. The second kappa shape index (κ2) is 5.20. The number of hydrogen-bond acceptors (Lipinski definition) is 5. The molecule has 2 heterocycles. The number of aromatic carboxylic acids is 1. The van der Waals surface area contributed by atoms with Crippen molar-refractivity contribution in [3.05, 3.63) is 11.9 Å². The van der Waals surface area contributed by atoms with Crippen molar-refractivity contribution in [2.75, 3.05) is 6.61 Å². The van der Waals surface area contributed by atoms with Gasteiger partial charge in [0.25, 0.3) is 0 Å². The highest BCUT2D eigenvalue weighted by atomic mass is 16.5. The zero-order valence-electron chi connectivity index (χ0n) is 10.9. The Balaban J connectivity index is 1.54. The molecule has 0 radical (unpaired) electrons. The molecule has 3 rings (SSSR count). The molecule has 1 aromatic rings. The average Bonchev–Trinajstić information content (AvgIpc) is 2.95. The van der Waals surface area contributed by atoms with Gasteiger partial charge in [-0.2, -0.15) is 0 Å². The largest absolute Gasteiger partial charge is 0.476 e. The maximum absolute atomic E-state index is 11.9. The third-order valence-electron chi connectivity index (χ3n) is 3.63. The quantitative estimate of drug-likeness (QED) is 0.764. The van der Waals surface area contributed by atoms with Crippen molar-refractivity contribution in [1.82, 2.24) is 20.3 Å². The number of rotatable bonds is 5. The minimum absolute atomic E-state index is 0.0336. The highest BCUT2D eigenvalue weighted by molar-refractivity contribution is 5.84. The lowest BCUT2D eigenvalue weighted by Gasteiger charge is -2.19. The molecule has 1 amide bonds. The number of carbonyl (C=O) groups is 2. The predicted molar refractivity (Wildman–Crippen MR) is 66.0 cm³/mol. The summed E-state index contributed by atoms with van der Waals surface area (Å²) in [5, 5.41) is 18.7. The number of hydrogen-bond donors (Lipinski definition) is 2. The molecule has 1 aromatic heterocycles. The average molecular weight is 280 g/mol. The van der Waals surface area contributed by atoms with Crippen LogP contribution in [0.3, 0.4) is 0 Å². The summed E-state index contributed by atoms with van der Waals surface area (Å²) in [6.45, 7) is 0.646. The van der Waals surface area contributed by atoms with Crippen molar-refractivity contribution in [2.24, 2.45) is 5.92 Å². The van der Waals surface area contributed by atoms with Gasteiger partial charge in [-0.1, -0.05) is 5.21 Å². The van der Waals surface area contributed by atoms with E-state index in [0.717, 1.165) is 6.42 Å². The third kappa shape index (κ3) is 2.79. The minimum Gasteiger partial charge on any atom is -0.476 e. The summed E-state index contributed by atoms with van der Waals surface area (Å²) in [6.07, 6.45) is 4.53. The third-order valence-corrected chi connectivity index (χ3v) is 3.63. The van der Waals surface area contributed by atoms with Gasteiger partial charge in [0.05, 0.1) is 18.3 Å². The second-order valence-corrected chi connectivity index (χ2v) is 5.24. The van der Waals surface area contributed by atoms with Crippen LogP contribution in [0.25, 0.3) is 0 Å². The molecule has 1 aliphatic heterocycles. The summed E-state index contributed by atoms with van der Waals surface area (Å²) in [7, 11) is 0. The summed E-state index contributed by atoms with van der Waals surface area (Å²) in [4.78, 5) is 22.6. The first kappa shape index (κ1) is 13.0. The van der Waals surface area contributed by atoms with Gasteiger partial charge in [-0.05, 0) is 25.2 Å². The summed E-state index contributed by atoms with van der Waals surface area (Å²) >= 11 is 0. The molecule has 0 spiro atoms. The van der Waals surface area contributed by atoms with Crippen LogP contribution in [0.15, 0.2) is 6.20 Å². The first-order chi connectivity index (χ1) is 9.63. The number of nitrogens with zero attached hydrogens (tertiary/aromatic N) is 3. The van der Waals surface area contributed by atoms with Crippen molar-refractivity contribution < 1.29 is 19.4 Å². The van der Waals surface area contributed by atoms with Gasteiger partial charge >= 0.3 is 5.97 Å². The van der Waals surface area contributed by atoms with Crippen LogP contribution in [0.2, 0.25) is 0 Å². The fourth-order valence-electron chi connectivity index (χ4n) is 2.53. The molecule has 1 saturated heterocycles. The van der Waals surface area contributed by atoms with Crippen LogP contribution in [0.1, 0.15) is 29.8 Å². The van der Waals surface area contributed by atoms with Crippen LogP contribution >= 0.6 is 0 Å². The molecule has 20 heavy (non-hydrogen) atoms. The number of carboxylic acids is 1. The van der Waals surface area contributed by atoms with Gasteiger partial charge < -0.3 is 15.2 Å². The molecule has 2 unspecified atom stereocenters. The summed E-state index contributed by atoms with van der Waals surface area (Å²) in [5.41, 5.74) is -0.169. The Hall–Kier alpha value is -1.96. The van der Waals surface area contributed by atoms with E-state index in [1.807, 2.05) is 0 Å². The van der Waals surface area contributed by atoms with Crippen molar-refractivity contribution >= 4 is 11.9 Å². The van der Waals surface area contributed by atoms with Crippen molar-refractivity contribution in [2.45, 2.75) is 38.0 Å². The van der Waals surface area contributed by atoms with Crippen molar-refractivity contribution in [3.63, 3.8) is 0 Å². The first-order valence-electron chi connectivity index (χ1n) is 6.68. The lowest BCUT2D eigenvalue weighted by molar-refractivity contribution is -0.123. The van der Waals surface area contributed by atoms with Crippen LogP contribution in [0, 0.1) is 5.92 Å². The topological polar surface area (TPSA) is 106 Å². The monoisotopic (exact) mass is 280 g/mol. The van der Waals surface area contributed by atoms with Gasteiger partial charge in [0.15, 0.2) is 5.69 Å². The normalized spacial score (nSPS) is 25.6. The van der Waals surface area contributed by atoms with E-state index >= 15 is 0 Å². The molecule has 0 aromatic carbocycles. The summed E-state index contributed by atoms with van der Waals surface area (Å²) in [6, 6.07) is 0.0532. The van der Waals surface area contributed by atoms with E-state index in [4.69, 9.17) is 9.84 Å². The predicted octanol–water partition coefficient (Wildman–Crippen LogP) is -0.340. The van der Waals surface area contributed by atoms with Gasteiger partial charge in [-0.25, -0.2) is 9.48 Å². The zero-order chi connectivity index (χ0) is 14.1. The molecular weight excluding hydrogens is 264 g/mol. The lowest BCUT2D eigenvalue weighted by atomic mass is 10.1. The van der Waals surface area contributed by atoms with E-state index in [0.29, 0.717) is 12.5 Å². The van der Waals surface area contributed by atoms with Crippen molar-refractivity contribution in [3.8, 4) is 0 Å². The minimum atomic E-state index is -1.16. The van der Waals surface area contributed by atoms with Crippen molar-refractivity contribution in [1.29, 1.82) is 0 Å². The first-order valence-corrected chi connectivity index (χ1v) is 6.68. The molecule has 108 valence electrons. The van der Waals surface area contributed by atoms with Gasteiger partial charge in [0.2, 0.25) is 5.91 Å². The molecule has 1 aliphatic carbocycles. The Labute approximate surface area is 115 Å². The number of aromatic nitrogens is 3. The SMILES string of the molecule is O=C(Cn1cc(C(=O)O)nn1)NC1CCOC1C1CC1. The van der Waals surface area contributed by atoms with Gasteiger partial charge in [0, 0.05) is 6.61 Å². The fourth-order valence-corrected chi connectivity index (χ4v) is 2.53. The molecule has 2 atom stereocenters. The van der Waals surface area contributed by atoms with Crippen LogP contribution < -0.4 is 5.32 Å². The second-order valence-electron chi connectivity index (χ2n) is 5.24. The highest BCUT2D eigenvalue weighted by Gasteiger charge is 2.41. The molecule has 1 saturated carbocycles. The van der Waals surface area contributed by atoms with E-state index in [9.17, 15) is 9.59 Å². The van der Waals surface area contributed by atoms with Gasteiger partial charge in [0.1, 0.15) is 6.54 Å². The summed E-state index contributed by atoms with van der Waals surface area (Å²) < 4.78 is 6.87. The van der Waals surface area contributed by atoms with Crippen LogP contribution in [0.4, 0.5) is 0 Å². The standard InChI is InChI=1S/C12H16N4O4/c17-10(6-16-5-9(12(18)19)14-15-16)13-8-3-4-20-11(8)7-1-2-7/h5,7-8,11H,1-4,6H2,(H,13,17)(H,18,19). The Bertz CT molecular complexity index is 525. The van der Waals surface area contributed by atoms with E-state index in [1.54, 1.807) is 0 Å². The molecule has 2 N–H and O–H groups in total. The van der Waals surface area contributed by atoms with Gasteiger partial charge in [-0.15, -0.1) is 5.10 Å². The van der Waals surface area contributed by atoms with E-state index < -0.39 is 5.97 Å². The van der Waals surface area contributed by atoms with Gasteiger partial charge in [-0.3, -0.25) is 4.79 Å². The fraction of sp³-hybridized carbons (Fsp3) is 0.667. The highest BCUT2D eigenvalue weighted by Crippen LogP contribution is 2.38. The number of carbonyl (C=O) groups excluding carboxylic acids is 1. The van der Waals surface area contributed by atoms with Crippen LogP contribution in [-0.2, 0) is 16.1 Å². The van der Waals surface area contributed by atoms with E-state index in [-0.39, 0.29) is 30.3 Å². The maximum Gasteiger partial charge on any atom is 0.358 e. The number of amides is 1. The number of carboxylic acid groups (broad SMARTS) is 1. The molecule has 2 fully saturated rings. The lowest BCUT2D eigenvalue weighted by Crippen LogP contribution is -2.42. The Morgan fingerprint density at radius 3 is 2.90 bits per heavy atom. The Morgan fingerprint density at radius 1 is 1.45 bits per heavy atom. The van der Waals surface area contributed by atoms with Crippen LogP contribution in [0.5, 0.6) is 0 Å². The van der Waals surface area contributed by atoms with Crippen LogP contribution in [-0.4, -0.2) is 50.7 Å². The maximum atomic E-state index is 11.9. The number of nitrogens with one attached hydrogen (secondary N) is 1. The molecule has 8 nitrogen and oxygen atoms in total. The van der Waals surface area contributed by atoms with E-state index in [1.165, 1.54) is 23.7 Å². The Morgan fingerprint density at radius 2 is 2.25 bits per heavy atom. The zero-order valence-corrected chi connectivity index (χ0v) is 10.9. The smallest absolute Gasteiger partial charge is 0.358 e.